The molecule has 0 N–H and O–H groups in total. The Morgan fingerprint density at radius 3 is 2.95 bits per heavy atom. The molecule has 0 saturated carbocycles. The summed E-state index contributed by atoms with van der Waals surface area (Å²) >= 11 is 0. The fraction of sp³-hybridized carbons (Fsp3) is 0.471. The minimum atomic E-state index is -0.149. The monoisotopic (exact) mass is 299 g/mol. The van der Waals surface area contributed by atoms with E-state index in [9.17, 15) is 9.59 Å². The highest BCUT2D eigenvalue weighted by atomic mass is 16.2. The number of benzene rings is 1. The number of hydrogen-bond acceptors (Lipinski definition) is 3. The Morgan fingerprint density at radius 2 is 2.14 bits per heavy atom. The minimum absolute atomic E-state index is 0.0192. The largest absolute Gasteiger partial charge is 0.338 e. The number of aromatic nitrogens is 2. The van der Waals surface area contributed by atoms with Crippen LogP contribution < -0.4 is 5.56 Å². The van der Waals surface area contributed by atoms with Gasteiger partial charge < -0.3 is 4.90 Å². The average molecular weight is 299 g/mol. The first kappa shape index (κ1) is 14.8. The summed E-state index contributed by atoms with van der Waals surface area (Å²) in [6.45, 7) is 2.99. The Hall–Kier alpha value is -2.17. The number of carbonyl (C=O) groups is 1. The number of fused-ring (bicyclic) bond motifs is 1. The first-order chi connectivity index (χ1) is 10.7. The van der Waals surface area contributed by atoms with Crippen LogP contribution in [0.3, 0.4) is 0 Å². The Morgan fingerprint density at radius 1 is 1.32 bits per heavy atom. The summed E-state index contributed by atoms with van der Waals surface area (Å²) in [4.78, 5) is 31.2. The van der Waals surface area contributed by atoms with Crippen LogP contribution in [0.25, 0.3) is 10.9 Å². The fourth-order valence-corrected chi connectivity index (χ4v) is 3.21. The van der Waals surface area contributed by atoms with Crippen LogP contribution in [0.2, 0.25) is 0 Å². The molecule has 0 radical (unpaired) electrons. The molecule has 0 aliphatic carbocycles. The molecule has 1 aromatic heterocycles. The van der Waals surface area contributed by atoms with E-state index in [1.54, 1.807) is 12.1 Å². The first-order valence-electron chi connectivity index (χ1n) is 7.94. The van der Waals surface area contributed by atoms with Crippen molar-refractivity contribution in [3.8, 4) is 0 Å². The van der Waals surface area contributed by atoms with Gasteiger partial charge in [-0.2, -0.15) is 0 Å². The van der Waals surface area contributed by atoms with Crippen LogP contribution >= 0.6 is 0 Å². The van der Waals surface area contributed by atoms with E-state index in [-0.39, 0.29) is 18.0 Å². The Bertz CT molecular complexity index is 738. The summed E-state index contributed by atoms with van der Waals surface area (Å²) < 4.78 is 1.42. The van der Waals surface area contributed by atoms with E-state index in [4.69, 9.17) is 0 Å². The molecule has 0 unspecified atom stereocenters. The van der Waals surface area contributed by atoms with Crippen molar-refractivity contribution >= 4 is 16.8 Å². The zero-order chi connectivity index (χ0) is 15.5. The maximum Gasteiger partial charge on any atom is 0.261 e. The van der Waals surface area contributed by atoms with Crippen molar-refractivity contribution in [2.45, 2.75) is 45.2 Å². The lowest BCUT2D eigenvalue weighted by Crippen LogP contribution is -2.45. The molecule has 3 rings (SSSR count). The number of carbonyl (C=O) groups excluding carboxylic acids is 1. The van der Waals surface area contributed by atoms with Crippen LogP contribution in [0.1, 0.15) is 32.6 Å². The van der Waals surface area contributed by atoms with Crippen molar-refractivity contribution in [3.63, 3.8) is 0 Å². The van der Waals surface area contributed by atoms with E-state index >= 15 is 0 Å². The van der Waals surface area contributed by atoms with Crippen LogP contribution in [0.15, 0.2) is 35.4 Å². The van der Waals surface area contributed by atoms with Crippen molar-refractivity contribution in [2.24, 2.45) is 0 Å². The van der Waals surface area contributed by atoms with Gasteiger partial charge in [0.05, 0.1) is 17.2 Å². The maximum atomic E-state index is 12.6. The topological polar surface area (TPSA) is 55.2 Å². The predicted molar refractivity (Wildman–Crippen MR) is 85.6 cm³/mol. The lowest BCUT2D eigenvalue weighted by atomic mass is 10.00. The second-order valence-corrected chi connectivity index (χ2v) is 5.84. The molecule has 1 saturated heterocycles. The SMILES string of the molecule is CC[C@H]1CCCCN1C(=O)Cn1cnc2ccccc2c1=O. The number of hydrogen-bond donors (Lipinski definition) is 0. The van der Waals surface area contributed by atoms with Gasteiger partial charge in [0.25, 0.3) is 5.56 Å². The third-order valence-corrected chi connectivity index (χ3v) is 4.46. The van der Waals surface area contributed by atoms with Crippen molar-refractivity contribution in [2.75, 3.05) is 6.54 Å². The van der Waals surface area contributed by atoms with Gasteiger partial charge in [0, 0.05) is 12.6 Å². The molecule has 1 aromatic carbocycles. The summed E-state index contributed by atoms with van der Waals surface area (Å²) in [6.07, 6.45) is 5.74. The van der Waals surface area contributed by atoms with Crippen molar-refractivity contribution in [1.29, 1.82) is 0 Å². The highest BCUT2D eigenvalue weighted by molar-refractivity contribution is 5.79. The second kappa shape index (κ2) is 6.30. The lowest BCUT2D eigenvalue weighted by Gasteiger charge is -2.35. The fourth-order valence-electron chi connectivity index (χ4n) is 3.21. The van der Waals surface area contributed by atoms with Crippen LogP contribution in [0.5, 0.6) is 0 Å². The van der Waals surface area contributed by atoms with Crippen LogP contribution in [-0.4, -0.2) is 32.9 Å². The van der Waals surface area contributed by atoms with E-state index < -0.39 is 0 Å². The molecule has 1 fully saturated rings. The molecule has 22 heavy (non-hydrogen) atoms. The number of piperidine rings is 1. The molecular weight excluding hydrogens is 278 g/mol. The van der Waals surface area contributed by atoms with Crippen LogP contribution in [-0.2, 0) is 11.3 Å². The highest BCUT2D eigenvalue weighted by Crippen LogP contribution is 2.19. The van der Waals surface area contributed by atoms with Crippen LogP contribution in [0.4, 0.5) is 0 Å². The zero-order valence-electron chi connectivity index (χ0n) is 12.9. The van der Waals surface area contributed by atoms with Gasteiger partial charge in [0.15, 0.2) is 0 Å². The Labute approximate surface area is 129 Å². The average Bonchev–Trinajstić information content (AvgIpc) is 2.57. The smallest absolute Gasteiger partial charge is 0.261 e. The third kappa shape index (κ3) is 2.75. The number of para-hydroxylation sites is 1. The van der Waals surface area contributed by atoms with Crippen LogP contribution in [0, 0.1) is 0 Å². The highest BCUT2D eigenvalue weighted by Gasteiger charge is 2.25. The summed E-state index contributed by atoms with van der Waals surface area (Å²) in [5, 5.41) is 0.559. The molecule has 1 amide bonds. The molecule has 116 valence electrons. The van der Waals surface area contributed by atoms with Gasteiger partial charge in [0.2, 0.25) is 5.91 Å². The molecule has 5 nitrogen and oxygen atoms in total. The van der Waals surface area contributed by atoms with Crippen molar-refractivity contribution in [1.82, 2.24) is 14.5 Å². The number of likely N-dealkylation sites (tertiary alicyclic amines) is 1. The van der Waals surface area contributed by atoms with Gasteiger partial charge in [-0.1, -0.05) is 19.1 Å². The van der Waals surface area contributed by atoms with Gasteiger partial charge in [-0.15, -0.1) is 0 Å². The van der Waals surface area contributed by atoms with Gasteiger partial charge in [-0.3, -0.25) is 14.2 Å². The molecule has 0 bridgehead atoms. The molecule has 1 atom stereocenters. The molecule has 1 aliphatic heterocycles. The summed E-state index contributed by atoms with van der Waals surface area (Å²) in [7, 11) is 0. The predicted octanol–water partition coefficient (Wildman–Crippen LogP) is 2.19. The molecule has 2 heterocycles. The van der Waals surface area contributed by atoms with Crippen molar-refractivity contribution in [3.05, 3.63) is 40.9 Å². The number of rotatable bonds is 3. The number of amides is 1. The second-order valence-electron chi connectivity index (χ2n) is 5.84. The van der Waals surface area contributed by atoms with E-state index in [1.807, 2.05) is 17.0 Å². The van der Waals surface area contributed by atoms with Gasteiger partial charge in [0.1, 0.15) is 6.54 Å². The Kier molecular flexibility index (Phi) is 4.22. The van der Waals surface area contributed by atoms with E-state index in [0.717, 1.165) is 25.8 Å². The van der Waals surface area contributed by atoms with E-state index in [0.29, 0.717) is 16.9 Å². The molecule has 1 aliphatic rings. The summed E-state index contributed by atoms with van der Waals surface area (Å²) in [5.41, 5.74) is 0.518. The summed E-state index contributed by atoms with van der Waals surface area (Å²) in [5.74, 6) is 0.0192. The Balaban J connectivity index is 1.85. The number of nitrogens with zero attached hydrogens (tertiary/aromatic N) is 3. The molecule has 2 aromatic rings. The quantitative estimate of drug-likeness (QED) is 0.873. The van der Waals surface area contributed by atoms with Gasteiger partial charge >= 0.3 is 0 Å². The molecule has 5 heteroatoms. The third-order valence-electron chi connectivity index (χ3n) is 4.46. The minimum Gasteiger partial charge on any atom is -0.338 e. The first-order valence-corrected chi connectivity index (χ1v) is 7.94. The van der Waals surface area contributed by atoms with Gasteiger partial charge in [-0.25, -0.2) is 4.98 Å². The molecule has 0 spiro atoms. The maximum absolute atomic E-state index is 12.6. The lowest BCUT2D eigenvalue weighted by molar-refractivity contribution is -0.135. The van der Waals surface area contributed by atoms with Crippen molar-refractivity contribution < 1.29 is 4.79 Å². The zero-order valence-corrected chi connectivity index (χ0v) is 12.9. The van der Waals surface area contributed by atoms with E-state index in [2.05, 4.69) is 11.9 Å². The van der Waals surface area contributed by atoms with Gasteiger partial charge in [-0.05, 0) is 37.8 Å². The summed E-state index contributed by atoms with van der Waals surface area (Å²) in [6, 6.07) is 7.53. The normalized spacial score (nSPS) is 18.6. The standard InChI is InChI=1S/C17H21N3O2/c1-2-13-7-5-6-10-20(13)16(21)11-19-12-18-15-9-4-3-8-14(15)17(19)22/h3-4,8-9,12-13H,2,5-7,10-11H2,1H3/t13-/m0/s1. The van der Waals surface area contributed by atoms with E-state index in [1.165, 1.54) is 17.3 Å². The molecular formula is C17H21N3O2.